The van der Waals surface area contributed by atoms with Crippen LogP contribution in [0.25, 0.3) is 0 Å². The quantitative estimate of drug-likeness (QED) is 0.728. The minimum absolute atomic E-state index is 0.0417. The number of likely N-dealkylation sites (tertiary alicyclic amines) is 3. The Balaban J connectivity index is 1.49. The number of hydrogen-bond donors (Lipinski definition) is 0. The minimum Gasteiger partial charge on any atom is -0.301 e. The lowest BCUT2D eigenvalue weighted by atomic mass is 9.85. The summed E-state index contributed by atoms with van der Waals surface area (Å²) >= 11 is 0. The molecule has 1 unspecified atom stereocenters. The summed E-state index contributed by atoms with van der Waals surface area (Å²) in [4.78, 5) is 6.63. The second-order valence-corrected chi connectivity index (χ2v) is 9.66. The number of nitrogens with zero attached hydrogens (tertiary/aromatic N) is 3. The Morgan fingerprint density at radius 1 is 0.923 bits per heavy atom. The lowest BCUT2D eigenvalue weighted by Gasteiger charge is -2.46. The Morgan fingerprint density at radius 2 is 1.62 bits per heavy atom. The minimum atomic E-state index is -2.57. The maximum atomic E-state index is 14.9. The van der Waals surface area contributed by atoms with Crippen molar-refractivity contribution in [2.75, 3.05) is 45.8 Å². The number of rotatable bonds is 5. The zero-order chi connectivity index (χ0) is 18.9. The zero-order valence-electron chi connectivity index (χ0n) is 17.3. The molecule has 0 aromatic rings. The van der Waals surface area contributed by atoms with Crippen LogP contribution in [0.4, 0.5) is 8.78 Å². The predicted octanol–water partition coefficient (Wildman–Crippen LogP) is 3.79. The Bertz CT molecular complexity index is 447. The van der Waals surface area contributed by atoms with E-state index in [9.17, 15) is 8.78 Å². The summed E-state index contributed by atoms with van der Waals surface area (Å²) in [6, 6.07) is 0.0311. The lowest BCUT2D eigenvalue weighted by molar-refractivity contribution is -0.134. The zero-order valence-corrected chi connectivity index (χ0v) is 17.3. The third-order valence-electron chi connectivity index (χ3n) is 7.16. The molecule has 26 heavy (non-hydrogen) atoms. The third-order valence-corrected chi connectivity index (χ3v) is 7.16. The summed E-state index contributed by atoms with van der Waals surface area (Å²) < 4.78 is 29.9. The van der Waals surface area contributed by atoms with E-state index in [1.54, 1.807) is 0 Å². The van der Waals surface area contributed by atoms with E-state index < -0.39 is 12.0 Å². The van der Waals surface area contributed by atoms with Crippen LogP contribution in [0.15, 0.2) is 0 Å². The fourth-order valence-electron chi connectivity index (χ4n) is 5.35. The molecule has 3 aliphatic rings. The lowest BCUT2D eigenvalue weighted by Crippen LogP contribution is -2.60. The van der Waals surface area contributed by atoms with Crippen LogP contribution in [0, 0.1) is 17.8 Å². The highest BCUT2D eigenvalue weighted by Crippen LogP contribution is 2.35. The van der Waals surface area contributed by atoms with Crippen LogP contribution in [-0.2, 0) is 0 Å². The Hall–Kier alpha value is -0.260. The Kier molecular flexibility index (Phi) is 6.62. The summed E-state index contributed by atoms with van der Waals surface area (Å²) in [5.74, 6) is -0.617. The standard InChI is InChI=1S/C21H39F2N3/c1-16(2)19-6-11-25(12-7-19)20-8-9-24(15-21(20,22)23)13-18-5-10-26(14-18)17(3)4/h16-20H,5-15H2,1-4H3/t18-,20?/m1/s1. The van der Waals surface area contributed by atoms with E-state index in [0.717, 1.165) is 58.5 Å². The van der Waals surface area contributed by atoms with Gasteiger partial charge in [-0.05, 0) is 76.9 Å². The molecule has 152 valence electrons. The van der Waals surface area contributed by atoms with Crippen LogP contribution >= 0.6 is 0 Å². The van der Waals surface area contributed by atoms with Crippen molar-refractivity contribution in [3.63, 3.8) is 0 Å². The topological polar surface area (TPSA) is 9.72 Å². The molecule has 3 fully saturated rings. The highest BCUT2D eigenvalue weighted by molar-refractivity contribution is 4.95. The van der Waals surface area contributed by atoms with Crippen molar-refractivity contribution < 1.29 is 8.78 Å². The SMILES string of the molecule is CC(C)C1CCN(C2CCN(C[C@H]3CCN(C(C)C)C3)CC2(F)F)CC1. The van der Waals surface area contributed by atoms with Crippen molar-refractivity contribution in [1.29, 1.82) is 0 Å². The van der Waals surface area contributed by atoms with E-state index >= 15 is 0 Å². The third kappa shape index (κ3) is 4.77. The summed E-state index contributed by atoms with van der Waals surface area (Å²) in [6.07, 6.45) is 3.95. The molecule has 5 heteroatoms. The first-order valence-electron chi connectivity index (χ1n) is 10.8. The van der Waals surface area contributed by atoms with Gasteiger partial charge in [0.2, 0.25) is 0 Å². The number of hydrogen-bond acceptors (Lipinski definition) is 3. The molecule has 3 saturated heterocycles. The summed E-state index contributed by atoms with van der Waals surface area (Å²) in [5.41, 5.74) is 0. The maximum absolute atomic E-state index is 14.9. The second-order valence-electron chi connectivity index (χ2n) is 9.66. The molecule has 3 rings (SSSR count). The van der Waals surface area contributed by atoms with Gasteiger partial charge in [-0.1, -0.05) is 13.8 Å². The van der Waals surface area contributed by atoms with Crippen molar-refractivity contribution in [1.82, 2.24) is 14.7 Å². The summed E-state index contributed by atoms with van der Waals surface area (Å²) in [5, 5.41) is 0. The first-order valence-corrected chi connectivity index (χ1v) is 10.8. The molecule has 3 nitrogen and oxygen atoms in total. The van der Waals surface area contributed by atoms with Gasteiger partial charge < -0.3 is 4.90 Å². The van der Waals surface area contributed by atoms with Gasteiger partial charge in [0.1, 0.15) is 0 Å². The molecule has 0 aliphatic carbocycles. The molecule has 3 heterocycles. The molecule has 0 bridgehead atoms. The predicted molar refractivity (Wildman–Crippen MR) is 104 cm³/mol. The van der Waals surface area contributed by atoms with Crippen molar-refractivity contribution in [3.8, 4) is 0 Å². The van der Waals surface area contributed by atoms with Crippen LogP contribution in [0.3, 0.4) is 0 Å². The molecule has 2 atom stereocenters. The molecule has 3 aliphatic heterocycles. The molecular weight excluding hydrogens is 332 g/mol. The number of alkyl halides is 2. The summed E-state index contributed by atoms with van der Waals surface area (Å²) in [6.45, 7) is 14.5. The highest BCUT2D eigenvalue weighted by atomic mass is 19.3. The fourth-order valence-corrected chi connectivity index (χ4v) is 5.35. The van der Waals surface area contributed by atoms with Crippen molar-refractivity contribution in [3.05, 3.63) is 0 Å². The van der Waals surface area contributed by atoms with Gasteiger partial charge in [-0.25, -0.2) is 8.78 Å². The van der Waals surface area contributed by atoms with Crippen LogP contribution in [0.2, 0.25) is 0 Å². The average molecular weight is 372 g/mol. The first-order chi connectivity index (χ1) is 12.3. The van der Waals surface area contributed by atoms with Gasteiger partial charge in [0, 0.05) is 25.7 Å². The van der Waals surface area contributed by atoms with Gasteiger partial charge in [0.05, 0.1) is 12.6 Å². The second kappa shape index (κ2) is 8.40. The van der Waals surface area contributed by atoms with Gasteiger partial charge in [0.25, 0.3) is 5.92 Å². The normalized spacial score (nSPS) is 32.8. The highest BCUT2D eigenvalue weighted by Gasteiger charge is 2.48. The van der Waals surface area contributed by atoms with E-state index in [1.165, 1.54) is 0 Å². The smallest absolute Gasteiger partial charge is 0.275 e. The van der Waals surface area contributed by atoms with Crippen LogP contribution < -0.4 is 0 Å². The van der Waals surface area contributed by atoms with Crippen molar-refractivity contribution in [2.45, 2.75) is 71.4 Å². The van der Waals surface area contributed by atoms with Crippen LogP contribution in [0.5, 0.6) is 0 Å². The summed E-state index contributed by atoms with van der Waals surface area (Å²) in [7, 11) is 0. The van der Waals surface area contributed by atoms with E-state index in [1.807, 2.05) is 4.90 Å². The van der Waals surface area contributed by atoms with Gasteiger partial charge in [0.15, 0.2) is 0 Å². The van der Waals surface area contributed by atoms with E-state index in [0.29, 0.717) is 30.2 Å². The number of piperidine rings is 2. The first kappa shape index (κ1) is 20.5. The van der Waals surface area contributed by atoms with Gasteiger partial charge in [-0.2, -0.15) is 0 Å². The van der Waals surface area contributed by atoms with Gasteiger partial charge in [-0.15, -0.1) is 0 Å². The molecule has 0 amide bonds. The van der Waals surface area contributed by atoms with E-state index in [-0.39, 0.29) is 6.54 Å². The van der Waals surface area contributed by atoms with Gasteiger partial charge >= 0.3 is 0 Å². The Labute approximate surface area is 159 Å². The number of halogens is 2. The molecule has 0 spiro atoms. The molecule has 0 N–H and O–H groups in total. The van der Waals surface area contributed by atoms with E-state index in [4.69, 9.17) is 0 Å². The molecule has 0 saturated carbocycles. The monoisotopic (exact) mass is 371 g/mol. The van der Waals surface area contributed by atoms with Crippen molar-refractivity contribution in [2.24, 2.45) is 17.8 Å². The largest absolute Gasteiger partial charge is 0.301 e. The Morgan fingerprint density at radius 3 is 2.15 bits per heavy atom. The average Bonchev–Trinajstić information content (AvgIpc) is 3.03. The van der Waals surface area contributed by atoms with Crippen LogP contribution in [0.1, 0.15) is 53.4 Å². The molecule has 0 aromatic carbocycles. The van der Waals surface area contributed by atoms with E-state index in [2.05, 4.69) is 37.5 Å². The molecule has 0 aromatic heterocycles. The van der Waals surface area contributed by atoms with Crippen LogP contribution in [-0.4, -0.2) is 78.5 Å². The maximum Gasteiger partial charge on any atom is 0.275 e. The van der Waals surface area contributed by atoms with Gasteiger partial charge in [-0.3, -0.25) is 9.80 Å². The fraction of sp³-hybridized carbons (Fsp3) is 1.00. The van der Waals surface area contributed by atoms with Crippen molar-refractivity contribution >= 4 is 0 Å². The molecular formula is C21H39F2N3. The molecule has 0 radical (unpaired) electrons.